The molecule has 6 aromatic rings. The van der Waals surface area contributed by atoms with Crippen LogP contribution in [-0.2, 0) is 27.2 Å². The summed E-state index contributed by atoms with van der Waals surface area (Å²) in [5.41, 5.74) is 2.41. The molecule has 2 heterocycles. The molecule has 0 fully saturated rings. The number of hydrogen-bond donors (Lipinski definition) is 2. The van der Waals surface area contributed by atoms with E-state index in [1.165, 1.54) is 0 Å². The number of esters is 2. The molecule has 7 nitrogen and oxygen atoms in total. The number of nitrogens with one attached hydrogen (secondary N) is 2. The maximum atomic E-state index is 15.3. The van der Waals surface area contributed by atoms with Gasteiger partial charge in [-0.05, 0) is 65.1 Å². The summed E-state index contributed by atoms with van der Waals surface area (Å²) in [5, 5.41) is 8.91. The Morgan fingerprint density at radius 1 is 0.600 bits per heavy atom. The lowest BCUT2D eigenvalue weighted by Crippen LogP contribution is -2.27. The molecule has 2 amide bonds. The average molecular weight is 875 g/mol. The van der Waals surface area contributed by atoms with E-state index in [1.807, 2.05) is 0 Å². The van der Waals surface area contributed by atoms with E-state index >= 15 is 4.39 Å². The van der Waals surface area contributed by atoms with E-state index in [4.69, 9.17) is 62.7 Å². The highest BCUT2D eigenvalue weighted by Crippen LogP contribution is 2.40. The van der Waals surface area contributed by atoms with Crippen molar-refractivity contribution in [2.24, 2.45) is 0 Å². The third-order valence-corrected chi connectivity index (χ3v) is 11.6. The van der Waals surface area contributed by atoms with Crippen molar-refractivity contribution < 1.29 is 28.3 Å². The molecule has 0 aliphatic carbocycles. The first-order chi connectivity index (χ1) is 26.4. The Morgan fingerprint density at radius 2 is 1.02 bits per heavy atom. The summed E-state index contributed by atoms with van der Waals surface area (Å²) in [6, 6.07) is 26.5. The number of carbonyl (C=O) groups excluding carboxylic acids is 4. The summed E-state index contributed by atoms with van der Waals surface area (Å²) in [6.45, 7) is 0. The molecule has 2 aromatic heterocycles. The summed E-state index contributed by atoms with van der Waals surface area (Å²) in [4.78, 5) is 54.7. The third kappa shape index (κ3) is 9.77. The first-order valence-corrected chi connectivity index (χ1v) is 20.0. The van der Waals surface area contributed by atoms with Crippen molar-refractivity contribution in [3.8, 4) is 22.3 Å². The van der Waals surface area contributed by atoms with Gasteiger partial charge in [-0.15, -0.1) is 34.3 Å². The van der Waals surface area contributed by atoms with Gasteiger partial charge in [0.05, 0.1) is 0 Å². The molecule has 0 spiro atoms. The van der Waals surface area contributed by atoms with Crippen molar-refractivity contribution in [2.75, 3.05) is 10.6 Å². The van der Waals surface area contributed by atoms with Crippen molar-refractivity contribution in [2.45, 2.75) is 24.4 Å². The SMILES string of the molecule is O=C(OC(=O)c1c(-c2ccc(Cl)cc2)csc1NC(=O)C(Cl)Cc1ccccc1Cl)c1c(-c2ccc(Cl)cc2)csc1NC(=O)C(F)Cc1ccccc1Cl. The van der Waals surface area contributed by atoms with Gasteiger partial charge in [-0.2, -0.15) is 0 Å². The molecule has 2 unspecified atom stereocenters. The number of benzene rings is 4. The number of halogens is 6. The Bertz CT molecular complexity index is 2220. The second-order valence-corrected chi connectivity index (χ2v) is 15.9. The summed E-state index contributed by atoms with van der Waals surface area (Å²) >= 11 is 33.2. The molecule has 280 valence electrons. The summed E-state index contributed by atoms with van der Waals surface area (Å²) < 4.78 is 20.8. The van der Waals surface area contributed by atoms with Gasteiger partial charge in [0.1, 0.15) is 26.5 Å². The molecular formula is C40H26Cl5FN2O5S2. The second-order valence-electron chi connectivity index (χ2n) is 11.9. The van der Waals surface area contributed by atoms with Crippen LogP contribution in [0.4, 0.5) is 14.4 Å². The number of alkyl halides is 2. The minimum atomic E-state index is -2.03. The summed E-state index contributed by atoms with van der Waals surface area (Å²) in [7, 11) is 0. The lowest BCUT2D eigenvalue weighted by molar-refractivity contribution is -0.120. The van der Waals surface area contributed by atoms with Crippen molar-refractivity contribution in [1.82, 2.24) is 0 Å². The molecule has 6 rings (SSSR count). The fourth-order valence-electron chi connectivity index (χ4n) is 5.46. The number of carbonyl (C=O) groups is 4. The van der Waals surface area contributed by atoms with Gasteiger partial charge >= 0.3 is 11.9 Å². The highest BCUT2D eigenvalue weighted by molar-refractivity contribution is 7.15. The van der Waals surface area contributed by atoms with Gasteiger partial charge in [-0.3, -0.25) is 9.59 Å². The van der Waals surface area contributed by atoms with E-state index in [0.717, 1.165) is 22.7 Å². The van der Waals surface area contributed by atoms with Crippen LogP contribution in [-0.4, -0.2) is 35.3 Å². The summed E-state index contributed by atoms with van der Waals surface area (Å²) in [5.74, 6) is -3.93. The van der Waals surface area contributed by atoms with Crippen molar-refractivity contribution in [1.29, 1.82) is 0 Å². The molecule has 0 radical (unpaired) electrons. The predicted octanol–water partition coefficient (Wildman–Crippen LogP) is 12.1. The van der Waals surface area contributed by atoms with Crippen LogP contribution in [0, 0.1) is 0 Å². The number of rotatable bonds is 12. The topological polar surface area (TPSA) is 102 Å². The highest BCUT2D eigenvalue weighted by atomic mass is 35.5. The molecule has 15 heteroatoms. The van der Waals surface area contributed by atoms with Crippen molar-refractivity contribution >= 4 is 114 Å². The van der Waals surface area contributed by atoms with Gasteiger partial charge in [0, 0.05) is 48.4 Å². The largest absolute Gasteiger partial charge is 0.386 e. The fraction of sp³-hybridized carbons (Fsp3) is 0.100. The van der Waals surface area contributed by atoms with Crippen LogP contribution in [0.1, 0.15) is 31.8 Å². The Balaban J connectivity index is 1.31. The van der Waals surface area contributed by atoms with Gasteiger partial charge in [0.2, 0.25) is 5.91 Å². The van der Waals surface area contributed by atoms with Crippen LogP contribution in [0.25, 0.3) is 22.3 Å². The number of anilines is 2. The molecule has 4 aromatic carbocycles. The maximum Gasteiger partial charge on any atom is 0.349 e. The molecule has 55 heavy (non-hydrogen) atoms. The van der Waals surface area contributed by atoms with Gasteiger partial charge in [0.15, 0.2) is 6.17 Å². The zero-order chi connectivity index (χ0) is 39.2. The highest BCUT2D eigenvalue weighted by Gasteiger charge is 2.31. The van der Waals surface area contributed by atoms with Crippen molar-refractivity contribution in [3.05, 3.63) is 150 Å². The molecular weight excluding hydrogens is 849 g/mol. The standard InChI is InChI=1S/C40H26Cl5FN2O5S2/c41-25-13-9-21(10-14-25)27-19-54-37(47-35(49)31(45)17-23-5-1-3-7-29(23)43)33(27)39(51)53-40(52)34-28(22-11-15-26(42)16-12-22)20-55-38(34)48-36(50)32(46)18-24-6-2-4-8-30(24)44/h1-16,19-20,31-32H,17-18H2,(H,47,49)(H,48,50). The fourth-order valence-corrected chi connectivity index (χ4v) is 8.27. The van der Waals surface area contributed by atoms with Gasteiger partial charge in [0.25, 0.3) is 5.91 Å². The Morgan fingerprint density at radius 3 is 1.47 bits per heavy atom. The Labute approximate surface area is 347 Å². The van der Waals surface area contributed by atoms with Gasteiger partial charge < -0.3 is 15.4 Å². The molecule has 0 saturated heterocycles. The number of hydrogen-bond acceptors (Lipinski definition) is 7. The monoisotopic (exact) mass is 872 g/mol. The molecule has 0 saturated carbocycles. The van der Waals surface area contributed by atoms with E-state index in [1.54, 1.807) is 108 Å². The lowest BCUT2D eigenvalue weighted by Gasteiger charge is -2.14. The predicted molar refractivity (Wildman–Crippen MR) is 221 cm³/mol. The summed E-state index contributed by atoms with van der Waals surface area (Å²) in [6.07, 6.45) is -2.26. The van der Waals surface area contributed by atoms with E-state index in [2.05, 4.69) is 10.6 Å². The van der Waals surface area contributed by atoms with Crippen LogP contribution in [0.5, 0.6) is 0 Å². The number of ether oxygens (including phenoxy) is 1. The lowest BCUT2D eigenvalue weighted by atomic mass is 10.0. The zero-order valence-corrected chi connectivity index (χ0v) is 33.5. The van der Waals surface area contributed by atoms with Crippen LogP contribution in [0.3, 0.4) is 0 Å². The smallest absolute Gasteiger partial charge is 0.349 e. The van der Waals surface area contributed by atoms with Crippen molar-refractivity contribution in [3.63, 3.8) is 0 Å². The van der Waals surface area contributed by atoms with Crippen LogP contribution < -0.4 is 10.6 Å². The molecule has 2 N–H and O–H groups in total. The maximum absolute atomic E-state index is 15.3. The first-order valence-electron chi connectivity index (χ1n) is 16.3. The molecule has 0 bridgehead atoms. The van der Waals surface area contributed by atoms with E-state index in [0.29, 0.717) is 47.9 Å². The van der Waals surface area contributed by atoms with Crippen LogP contribution >= 0.6 is 80.7 Å². The Hall–Kier alpha value is -4.26. The normalized spacial score (nSPS) is 12.1. The second kappa shape index (κ2) is 18.1. The van der Waals surface area contributed by atoms with Gasteiger partial charge in [-0.25, -0.2) is 14.0 Å². The van der Waals surface area contributed by atoms with Gasteiger partial charge in [-0.1, -0.05) is 107 Å². The van der Waals surface area contributed by atoms with Crippen LogP contribution in [0.2, 0.25) is 20.1 Å². The van der Waals surface area contributed by atoms with E-state index in [-0.39, 0.29) is 39.5 Å². The Kier molecular flexibility index (Phi) is 13.3. The number of amides is 2. The minimum Gasteiger partial charge on any atom is -0.386 e. The van der Waals surface area contributed by atoms with Crippen LogP contribution in [0.15, 0.2) is 108 Å². The zero-order valence-electron chi connectivity index (χ0n) is 28.1. The quantitative estimate of drug-likeness (QED) is 0.0724. The molecule has 2 atom stereocenters. The minimum absolute atomic E-state index is 0.0594. The molecule has 0 aliphatic rings. The van der Waals surface area contributed by atoms with E-state index in [9.17, 15) is 19.2 Å². The first kappa shape index (κ1) is 40.4. The van der Waals surface area contributed by atoms with E-state index < -0.39 is 35.3 Å². The average Bonchev–Trinajstić information content (AvgIpc) is 3.78. The third-order valence-electron chi connectivity index (χ3n) is 8.24. The number of thiophene rings is 2. The molecule has 0 aliphatic heterocycles.